The fourth-order valence-electron chi connectivity index (χ4n) is 1.62. The number of sulfonamides is 1. The van der Waals surface area contributed by atoms with Crippen LogP contribution in [0.15, 0.2) is 38.3 Å². The Labute approximate surface area is 141 Å². The average molecular weight is 410 g/mol. The van der Waals surface area contributed by atoms with Crippen LogP contribution in [-0.2, 0) is 16.6 Å². The zero-order chi connectivity index (χ0) is 15.5. The molecule has 0 aliphatic carbocycles. The summed E-state index contributed by atoms with van der Waals surface area (Å²) in [6.45, 7) is 3.51. The minimum Gasteiger partial charge on any atom is -0.313 e. The van der Waals surface area contributed by atoms with E-state index in [4.69, 9.17) is 11.6 Å². The Balaban J connectivity index is 2.17. The average Bonchev–Trinajstić information content (AvgIpc) is 2.90. The van der Waals surface area contributed by atoms with Crippen LogP contribution in [-0.4, -0.2) is 15.0 Å². The summed E-state index contributed by atoms with van der Waals surface area (Å²) in [5.74, 6) is 0. The van der Waals surface area contributed by atoms with E-state index in [1.54, 1.807) is 24.3 Å². The third kappa shape index (κ3) is 4.43. The summed E-state index contributed by atoms with van der Waals surface area (Å²) in [6.07, 6.45) is 0. The van der Waals surface area contributed by atoms with E-state index in [0.29, 0.717) is 25.9 Å². The van der Waals surface area contributed by atoms with Gasteiger partial charge >= 0.3 is 0 Å². The van der Waals surface area contributed by atoms with Crippen LogP contribution in [0.25, 0.3) is 0 Å². The maximum absolute atomic E-state index is 12.3. The summed E-state index contributed by atoms with van der Waals surface area (Å²) in [5, 5.41) is 5.54. The summed E-state index contributed by atoms with van der Waals surface area (Å²) < 4.78 is 28.1. The Kier molecular flexibility index (Phi) is 5.67. The van der Waals surface area contributed by atoms with Gasteiger partial charge in [0.05, 0.1) is 10.7 Å². The van der Waals surface area contributed by atoms with Gasteiger partial charge < -0.3 is 5.32 Å². The molecule has 0 saturated heterocycles. The summed E-state index contributed by atoms with van der Waals surface area (Å²) in [4.78, 5) is 0. The number of nitrogens with one attached hydrogen (secondary N) is 2. The zero-order valence-corrected chi connectivity index (χ0v) is 15.2. The molecule has 8 heteroatoms. The molecular weight excluding hydrogens is 396 g/mol. The molecule has 0 saturated carbocycles. The molecule has 1 heterocycles. The molecule has 4 nitrogen and oxygen atoms in total. The minimum absolute atomic E-state index is 0.293. The molecule has 114 valence electrons. The van der Waals surface area contributed by atoms with Crippen LogP contribution in [0.5, 0.6) is 0 Å². The first-order valence-corrected chi connectivity index (χ1v) is 9.71. The number of rotatable bonds is 6. The zero-order valence-electron chi connectivity index (χ0n) is 11.2. The van der Waals surface area contributed by atoms with Crippen LogP contribution in [0, 0.1) is 0 Å². The normalized spacial score (nSPS) is 11.6. The van der Waals surface area contributed by atoms with Crippen molar-refractivity contribution in [1.29, 1.82) is 0 Å². The molecule has 2 N–H and O–H groups in total. The topological polar surface area (TPSA) is 58.2 Å². The molecule has 0 radical (unpaired) electrons. The van der Waals surface area contributed by atoms with E-state index in [0.717, 1.165) is 12.1 Å². The van der Waals surface area contributed by atoms with Crippen molar-refractivity contribution >= 4 is 54.6 Å². The van der Waals surface area contributed by atoms with Crippen molar-refractivity contribution in [2.24, 2.45) is 0 Å². The molecule has 0 fully saturated rings. The van der Waals surface area contributed by atoms with Gasteiger partial charge in [-0.1, -0.05) is 18.5 Å². The quantitative estimate of drug-likeness (QED) is 0.756. The molecule has 0 unspecified atom stereocenters. The third-order valence-corrected chi connectivity index (χ3v) is 6.73. The smallest absolute Gasteiger partial charge is 0.271 e. The lowest BCUT2D eigenvalue weighted by Crippen LogP contribution is -2.12. The summed E-state index contributed by atoms with van der Waals surface area (Å²) in [6, 6.07) is 6.57. The van der Waals surface area contributed by atoms with Gasteiger partial charge in [0.25, 0.3) is 10.0 Å². The SMILES string of the molecule is CCNCc1csc(S(=O)(=O)Nc2ccc(Cl)c(Br)c2)c1. The molecule has 0 amide bonds. The van der Waals surface area contributed by atoms with Crippen molar-refractivity contribution in [3.05, 3.63) is 44.7 Å². The fourth-order valence-corrected chi connectivity index (χ4v) is 4.38. The number of hydrogen-bond acceptors (Lipinski definition) is 4. The Bertz CT molecular complexity index is 732. The predicted octanol–water partition coefficient (Wildman–Crippen LogP) is 4.07. The lowest BCUT2D eigenvalue weighted by Gasteiger charge is -2.07. The number of hydrogen-bond donors (Lipinski definition) is 2. The second kappa shape index (κ2) is 7.11. The lowest BCUT2D eigenvalue weighted by atomic mass is 10.3. The van der Waals surface area contributed by atoms with Crippen molar-refractivity contribution in [3.63, 3.8) is 0 Å². The molecule has 0 spiro atoms. The van der Waals surface area contributed by atoms with Crippen molar-refractivity contribution in [1.82, 2.24) is 5.32 Å². The molecule has 0 bridgehead atoms. The highest BCUT2D eigenvalue weighted by atomic mass is 79.9. The van der Waals surface area contributed by atoms with Gasteiger partial charge in [-0.05, 0) is 57.7 Å². The number of anilines is 1. The highest BCUT2D eigenvalue weighted by Crippen LogP contribution is 2.28. The first kappa shape index (κ1) is 16.8. The summed E-state index contributed by atoms with van der Waals surface area (Å²) in [7, 11) is -3.57. The molecular formula is C13H14BrClN2O2S2. The van der Waals surface area contributed by atoms with Gasteiger partial charge in [0.15, 0.2) is 0 Å². The van der Waals surface area contributed by atoms with Gasteiger partial charge in [-0.3, -0.25) is 4.72 Å². The molecule has 1 aromatic heterocycles. The first-order chi connectivity index (χ1) is 9.92. The molecule has 0 aliphatic heterocycles. The Morgan fingerprint density at radius 2 is 2.10 bits per heavy atom. The van der Waals surface area contributed by atoms with E-state index in [2.05, 4.69) is 26.0 Å². The first-order valence-electron chi connectivity index (χ1n) is 6.18. The van der Waals surface area contributed by atoms with Crippen molar-refractivity contribution in [3.8, 4) is 0 Å². The van der Waals surface area contributed by atoms with Gasteiger partial charge in [-0.25, -0.2) is 8.42 Å². The Hall–Kier alpha value is -0.600. The van der Waals surface area contributed by atoms with Gasteiger partial charge in [0, 0.05) is 11.0 Å². The lowest BCUT2D eigenvalue weighted by molar-refractivity contribution is 0.603. The summed E-state index contributed by atoms with van der Waals surface area (Å²) in [5.41, 5.74) is 1.42. The van der Waals surface area contributed by atoms with E-state index < -0.39 is 10.0 Å². The van der Waals surface area contributed by atoms with E-state index in [9.17, 15) is 8.42 Å². The maximum atomic E-state index is 12.3. The molecule has 2 aromatic rings. The van der Waals surface area contributed by atoms with Gasteiger partial charge in [0.2, 0.25) is 0 Å². The second-order valence-electron chi connectivity index (χ2n) is 4.29. The maximum Gasteiger partial charge on any atom is 0.271 e. The van der Waals surface area contributed by atoms with E-state index in [1.165, 1.54) is 11.3 Å². The van der Waals surface area contributed by atoms with E-state index >= 15 is 0 Å². The number of thiophene rings is 1. The standard InChI is InChI=1S/C13H14BrClN2O2S2/c1-2-16-7-9-5-13(20-8-9)21(18,19)17-10-3-4-12(15)11(14)6-10/h3-6,8,16-17H,2,7H2,1H3. The largest absolute Gasteiger partial charge is 0.313 e. The van der Waals surface area contributed by atoms with Gasteiger partial charge in [-0.2, -0.15) is 0 Å². The second-order valence-corrected chi connectivity index (χ2v) is 8.37. The van der Waals surface area contributed by atoms with Crippen LogP contribution in [0.3, 0.4) is 0 Å². The molecule has 0 aliphatic rings. The third-order valence-electron chi connectivity index (χ3n) is 2.65. The minimum atomic E-state index is -3.57. The van der Waals surface area contributed by atoms with Crippen LogP contribution >= 0.6 is 38.9 Å². The molecule has 1 aromatic carbocycles. The van der Waals surface area contributed by atoms with Gasteiger partial charge in [0.1, 0.15) is 4.21 Å². The molecule has 2 rings (SSSR count). The van der Waals surface area contributed by atoms with Crippen molar-refractivity contribution in [2.45, 2.75) is 17.7 Å². The Morgan fingerprint density at radius 1 is 1.33 bits per heavy atom. The van der Waals surface area contributed by atoms with E-state index in [1.807, 2.05) is 12.3 Å². The van der Waals surface area contributed by atoms with E-state index in [-0.39, 0.29) is 0 Å². The summed E-state index contributed by atoms with van der Waals surface area (Å²) >= 11 is 10.4. The highest BCUT2D eigenvalue weighted by Gasteiger charge is 2.17. The monoisotopic (exact) mass is 408 g/mol. The highest BCUT2D eigenvalue weighted by molar-refractivity contribution is 9.10. The van der Waals surface area contributed by atoms with Crippen LogP contribution in [0.1, 0.15) is 12.5 Å². The van der Waals surface area contributed by atoms with Gasteiger partial charge in [-0.15, -0.1) is 11.3 Å². The van der Waals surface area contributed by atoms with Crippen molar-refractivity contribution < 1.29 is 8.42 Å². The Morgan fingerprint density at radius 3 is 2.76 bits per heavy atom. The molecule has 21 heavy (non-hydrogen) atoms. The van der Waals surface area contributed by atoms with Crippen LogP contribution in [0.4, 0.5) is 5.69 Å². The van der Waals surface area contributed by atoms with Crippen LogP contribution < -0.4 is 10.0 Å². The van der Waals surface area contributed by atoms with Crippen LogP contribution in [0.2, 0.25) is 5.02 Å². The number of benzene rings is 1. The number of halogens is 2. The fraction of sp³-hybridized carbons (Fsp3) is 0.231. The van der Waals surface area contributed by atoms with Crippen molar-refractivity contribution in [2.75, 3.05) is 11.3 Å². The molecule has 0 atom stereocenters. The predicted molar refractivity (Wildman–Crippen MR) is 91.7 cm³/mol.